The average molecular weight is 268 g/mol. The fourth-order valence-corrected chi connectivity index (χ4v) is 2.46. The first kappa shape index (κ1) is 12.5. The SMILES string of the molecule is NNc1ccncc1S(=O)(=O)NCc1cnc[nH]1. The molecule has 2 rings (SSSR count). The summed E-state index contributed by atoms with van der Waals surface area (Å²) < 4.78 is 26.5. The monoisotopic (exact) mass is 268 g/mol. The van der Waals surface area contributed by atoms with Gasteiger partial charge in [-0.1, -0.05) is 0 Å². The lowest BCUT2D eigenvalue weighted by atomic mass is 10.4. The van der Waals surface area contributed by atoms with Crippen LogP contribution in [0.3, 0.4) is 0 Å². The van der Waals surface area contributed by atoms with E-state index in [0.29, 0.717) is 5.69 Å². The van der Waals surface area contributed by atoms with E-state index in [-0.39, 0.29) is 17.1 Å². The topological polar surface area (TPSA) is 126 Å². The number of imidazole rings is 1. The van der Waals surface area contributed by atoms with Crippen molar-refractivity contribution in [1.82, 2.24) is 19.7 Å². The van der Waals surface area contributed by atoms with Gasteiger partial charge < -0.3 is 10.4 Å². The Morgan fingerprint density at radius 3 is 2.83 bits per heavy atom. The van der Waals surface area contributed by atoms with Crippen molar-refractivity contribution in [3.8, 4) is 0 Å². The van der Waals surface area contributed by atoms with Crippen LogP contribution in [0.5, 0.6) is 0 Å². The summed E-state index contributed by atoms with van der Waals surface area (Å²) >= 11 is 0. The smallest absolute Gasteiger partial charge is 0.244 e. The van der Waals surface area contributed by atoms with Gasteiger partial charge in [-0.05, 0) is 6.07 Å². The van der Waals surface area contributed by atoms with E-state index in [0.717, 1.165) is 0 Å². The molecule has 18 heavy (non-hydrogen) atoms. The second-order valence-corrected chi connectivity index (χ2v) is 5.15. The zero-order valence-electron chi connectivity index (χ0n) is 9.29. The van der Waals surface area contributed by atoms with Crippen molar-refractivity contribution in [1.29, 1.82) is 0 Å². The Hall–Kier alpha value is -1.97. The molecule has 0 amide bonds. The Kier molecular flexibility index (Phi) is 3.55. The number of H-pyrrole nitrogens is 1. The third-order valence-corrected chi connectivity index (χ3v) is 3.67. The maximum absolute atomic E-state index is 12.0. The highest BCUT2D eigenvalue weighted by atomic mass is 32.2. The third kappa shape index (κ3) is 2.64. The molecule has 0 aromatic carbocycles. The summed E-state index contributed by atoms with van der Waals surface area (Å²) in [5, 5.41) is 0. The number of sulfonamides is 1. The van der Waals surface area contributed by atoms with Crippen molar-refractivity contribution in [2.24, 2.45) is 5.84 Å². The molecular formula is C9H12N6O2S. The molecule has 2 aromatic heterocycles. The largest absolute Gasteiger partial charge is 0.347 e. The van der Waals surface area contributed by atoms with E-state index in [4.69, 9.17) is 5.84 Å². The van der Waals surface area contributed by atoms with Crippen LogP contribution in [-0.4, -0.2) is 23.4 Å². The van der Waals surface area contributed by atoms with Crippen LogP contribution in [-0.2, 0) is 16.6 Å². The molecule has 2 aromatic rings. The number of nitrogens with zero attached hydrogens (tertiary/aromatic N) is 2. The van der Waals surface area contributed by atoms with Gasteiger partial charge in [0.05, 0.1) is 18.6 Å². The molecule has 2 heterocycles. The number of pyridine rings is 1. The first-order valence-electron chi connectivity index (χ1n) is 5.01. The molecule has 5 N–H and O–H groups in total. The summed E-state index contributed by atoms with van der Waals surface area (Å²) in [7, 11) is -3.68. The van der Waals surface area contributed by atoms with Crippen molar-refractivity contribution in [2.45, 2.75) is 11.4 Å². The van der Waals surface area contributed by atoms with Gasteiger partial charge in [-0.15, -0.1) is 0 Å². The standard InChI is InChI=1S/C9H12N6O2S/c10-15-8-1-2-11-5-9(8)18(16,17)14-4-7-3-12-6-13-7/h1-3,5-6,14H,4,10H2,(H,11,15)(H,12,13). The highest BCUT2D eigenvalue weighted by molar-refractivity contribution is 7.89. The number of rotatable bonds is 5. The molecule has 0 atom stereocenters. The molecule has 0 unspecified atom stereocenters. The first-order chi connectivity index (χ1) is 8.63. The average Bonchev–Trinajstić information content (AvgIpc) is 2.89. The number of nitrogens with two attached hydrogens (primary N) is 1. The van der Waals surface area contributed by atoms with Gasteiger partial charge in [-0.25, -0.2) is 18.1 Å². The number of nitrogen functional groups attached to an aromatic ring is 1. The first-order valence-corrected chi connectivity index (χ1v) is 6.49. The van der Waals surface area contributed by atoms with E-state index < -0.39 is 10.0 Å². The highest BCUT2D eigenvalue weighted by Crippen LogP contribution is 2.18. The molecule has 0 saturated heterocycles. The zero-order chi connectivity index (χ0) is 13.0. The Morgan fingerprint density at radius 1 is 1.33 bits per heavy atom. The number of hydrogen-bond acceptors (Lipinski definition) is 6. The molecule has 0 fully saturated rings. The lowest BCUT2D eigenvalue weighted by molar-refractivity contribution is 0.580. The molecule has 0 aliphatic carbocycles. The quantitative estimate of drug-likeness (QED) is 0.430. The second kappa shape index (κ2) is 5.12. The normalized spacial score (nSPS) is 11.4. The van der Waals surface area contributed by atoms with Crippen LogP contribution >= 0.6 is 0 Å². The molecule has 0 spiro atoms. The van der Waals surface area contributed by atoms with Gasteiger partial charge in [0, 0.05) is 24.3 Å². The summed E-state index contributed by atoms with van der Waals surface area (Å²) in [6.45, 7) is 0.112. The minimum Gasteiger partial charge on any atom is -0.347 e. The molecule has 9 heteroatoms. The summed E-state index contributed by atoms with van der Waals surface area (Å²) in [6, 6.07) is 1.48. The zero-order valence-corrected chi connectivity index (χ0v) is 10.1. The fraction of sp³-hybridized carbons (Fsp3) is 0.111. The Labute approximate surface area is 104 Å². The maximum atomic E-state index is 12.0. The second-order valence-electron chi connectivity index (χ2n) is 3.42. The summed E-state index contributed by atoms with van der Waals surface area (Å²) in [4.78, 5) is 10.4. The number of aromatic nitrogens is 3. The minimum atomic E-state index is -3.68. The van der Waals surface area contributed by atoms with Crippen LogP contribution in [0.1, 0.15) is 5.69 Å². The van der Waals surface area contributed by atoms with Crippen molar-refractivity contribution in [3.05, 3.63) is 36.7 Å². The van der Waals surface area contributed by atoms with Crippen molar-refractivity contribution in [2.75, 3.05) is 5.43 Å². The van der Waals surface area contributed by atoms with Crippen LogP contribution in [0, 0.1) is 0 Å². The van der Waals surface area contributed by atoms with Crippen LogP contribution in [0.2, 0.25) is 0 Å². The lowest BCUT2D eigenvalue weighted by Crippen LogP contribution is -2.25. The molecule has 0 aliphatic rings. The van der Waals surface area contributed by atoms with Gasteiger partial charge in [0.15, 0.2) is 0 Å². The van der Waals surface area contributed by atoms with Gasteiger partial charge in [0.2, 0.25) is 10.0 Å². The predicted octanol–water partition coefficient (Wildman–Crippen LogP) is -0.431. The fourth-order valence-electron chi connectivity index (χ4n) is 1.35. The highest BCUT2D eigenvalue weighted by Gasteiger charge is 2.18. The van der Waals surface area contributed by atoms with Crippen LogP contribution in [0.4, 0.5) is 5.69 Å². The van der Waals surface area contributed by atoms with E-state index in [2.05, 4.69) is 25.1 Å². The molecule has 0 bridgehead atoms. The lowest BCUT2D eigenvalue weighted by Gasteiger charge is -2.09. The van der Waals surface area contributed by atoms with E-state index >= 15 is 0 Å². The Bertz CT molecular complexity index is 610. The van der Waals surface area contributed by atoms with Gasteiger partial charge in [-0.3, -0.25) is 10.8 Å². The summed E-state index contributed by atoms with van der Waals surface area (Å²) in [5.74, 6) is 5.25. The molecule has 0 saturated carbocycles. The number of hydrogen-bond donors (Lipinski definition) is 4. The number of nitrogens with one attached hydrogen (secondary N) is 3. The molecule has 0 aliphatic heterocycles. The molecule has 96 valence electrons. The Morgan fingerprint density at radius 2 is 2.17 bits per heavy atom. The Balaban J connectivity index is 2.20. The van der Waals surface area contributed by atoms with E-state index in [1.54, 1.807) is 0 Å². The van der Waals surface area contributed by atoms with E-state index in [1.165, 1.54) is 31.0 Å². The van der Waals surface area contributed by atoms with Crippen molar-refractivity contribution in [3.63, 3.8) is 0 Å². The number of aromatic amines is 1. The van der Waals surface area contributed by atoms with Crippen molar-refractivity contribution >= 4 is 15.7 Å². The summed E-state index contributed by atoms with van der Waals surface area (Å²) in [6.07, 6.45) is 5.68. The minimum absolute atomic E-state index is 0.00739. The van der Waals surface area contributed by atoms with Gasteiger partial charge in [0.25, 0.3) is 0 Å². The number of hydrazine groups is 1. The van der Waals surface area contributed by atoms with E-state index in [1.807, 2.05) is 0 Å². The van der Waals surface area contributed by atoms with Crippen molar-refractivity contribution < 1.29 is 8.42 Å². The van der Waals surface area contributed by atoms with Crippen LogP contribution in [0.25, 0.3) is 0 Å². The van der Waals surface area contributed by atoms with Crippen LogP contribution < -0.4 is 16.0 Å². The molecule has 8 nitrogen and oxygen atoms in total. The third-order valence-electron chi connectivity index (χ3n) is 2.24. The van der Waals surface area contributed by atoms with E-state index in [9.17, 15) is 8.42 Å². The van der Waals surface area contributed by atoms with Gasteiger partial charge >= 0.3 is 0 Å². The maximum Gasteiger partial charge on any atom is 0.244 e. The summed E-state index contributed by atoms with van der Waals surface area (Å²) in [5.41, 5.74) is 3.25. The predicted molar refractivity (Wildman–Crippen MR) is 64.7 cm³/mol. The van der Waals surface area contributed by atoms with Crippen LogP contribution in [0.15, 0.2) is 35.9 Å². The molecular weight excluding hydrogens is 256 g/mol. The van der Waals surface area contributed by atoms with Gasteiger partial charge in [-0.2, -0.15) is 0 Å². The number of anilines is 1. The molecule has 0 radical (unpaired) electrons. The van der Waals surface area contributed by atoms with Gasteiger partial charge in [0.1, 0.15) is 4.90 Å².